The Balaban J connectivity index is 1.92. The first-order valence-electron chi connectivity index (χ1n) is 8.25. The van der Waals surface area contributed by atoms with Gasteiger partial charge in [-0.3, -0.25) is 9.58 Å². The van der Waals surface area contributed by atoms with E-state index in [1.165, 1.54) is 17.0 Å². The number of nitrogens with zero attached hydrogens (tertiary/aromatic N) is 4. The van der Waals surface area contributed by atoms with E-state index >= 15 is 0 Å². The number of carbonyl (C=O) groups is 1. The van der Waals surface area contributed by atoms with Crippen LogP contribution in [0.15, 0.2) is 6.07 Å². The maximum Gasteiger partial charge on any atom is 0.317 e. The number of urea groups is 1. The Morgan fingerprint density at radius 3 is 2.96 bits per heavy atom. The molecular weight excluding hydrogens is 310 g/mol. The Morgan fingerprint density at radius 2 is 2.26 bits per heavy atom. The Kier molecular flexibility index (Phi) is 6.77. The van der Waals surface area contributed by atoms with Gasteiger partial charge >= 0.3 is 6.03 Å². The molecule has 2 rings (SSSR count). The Bertz CT molecular complexity index is 517. The number of carbonyl (C=O) groups excluding carboxylic acids is 1. The highest BCUT2D eigenvalue weighted by Crippen LogP contribution is 2.16. The summed E-state index contributed by atoms with van der Waals surface area (Å²) in [5.41, 5.74) is 2.20. The third-order valence-electron chi connectivity index (χ3n) is 4.22. The van der Waals surface area contributed by atoms with Gasteiger partial charge in [-0.2, -0.15) is 16.9 Å². The van der Waals surface area contributed by atoms with Crippen LogP contribution in [-0.4, -0.2) is 64.3 Å². The fraction of sp³-hybridized carbons (Fsp3) is 0.750. The second kappa shape index (κ2) is 8.59. The van der Waals surface area contributed by atoms with Crippen LogP contribution >= 0.6 is 11.8 Å². The van der Waals surface area contributed by atoms with Gasteiger partial charge in [0.15, 0.2) is 0 Å². The molecule has 130 valence electrons. The summed E-state index contributed by atoms with van der Waals surface area (Å²) in [5.74, 6) is 0. The predicted molar refractivity (Wildman–Crippen MR) is 95.6 cm³/mol. The average molecular weight is 340 g/mol. The molecule has 0 aromatic carbocycles. The number of rotatable bonds is 6. The van der Waals surface area contributed by atoms with Crippen LogP contribution in [0.25, 0.3) is 0 Å². The quantitative estimate of drug-likeness (QED) is 0.861. The maximum absolute atomic E-state index is 11.6. The van der Waals surface area contributed by atoms with Gasteiger partial charge in [0, 0.05) is 39.0 Å². The fourth-order valence-electron chi connectivity index (χ4n) is 2.67. The van der Waals surface area contributed by atoms with Gasteiger partial charge < -0.3 is 10.2 Å². The molecule has 6 nitrogen and oxygen atoms in total. The van der Waals surface area contributed by atoms with Crippen LogP contribution in [0.1, 0.15) is 31.2 Å². The lowest BCUT2D eigenvalue weighted by molar-refractivity contribution is 0.217. The van der Waals surface area contributed by atoms with E-state index in [2.05, 4.69) is 39.2 Å². The molecular formula is C16H29N5OS. The first kappa shape index (κ1) is 18.1. The van der Waals surface area contributed by atoms with Crippen molar-refractivity contribution in [1.82, 2.24) is 24.9 Å². The summed E-state index contributed by atoms with van der Waals surface area (Å²) < 4.78 is 2.11. The molecule has 2 amide bonds. The van der Waals surface area contributed by atoms with Gasteiger partial charge in [-0.25, -0.2) is 4.79 Å². The summed E-state index contributed by atoms with van der Waals surface area (Å²) in [5, 5.41) is 8.23. The highest BCUT2D eigenvalue weighted by Gasteiger charge is 2.17. The first-order valence-corrected chi connectivity index (χ1v) is 9.54. The minimum atomic E-state index is -0.0825. The molecule has 7 heteroatoms. The summed E-state index contributed by atoms with van der Waals surface area (Å²) in [6.07, 6.45) is 4.53. The number of amides is 2. The van der Waals surface area contributed by atoms with Gasteiger partial charge in [0.05, 0.1) is 17.9 Å². The zero-order chi connectivity index (χ0) is 16.8. The van der Waals surface area contributed by atoms with Crippen molar-refractivity contribution in [3.63, 3.8) is 0 Å². The summed E-state index contributed by atoms with van der Waals surface area (Å²) in [6, 6.07) is 2.05. The van der Waals surface area contributed by atoms with E-state index < -0.39 is 0 Å². The molecule has 1 aromatic heterocycles. The molecule has 23 heavy (non-hydrogen) atoms. The number of hydrogen-bond donors (Lipinski definition) is 1. The number of aromatic nitrogens is 2. The fourth-order valence-corrected chi connectivity index (χ4v) is 3.01. The lowest BCUT2D eigenvalue weighted by atomic mass is 10.2. The number of nitrogens with one attached hydrogen (secondary N) is 1. The van der Waals surface area contributed by atoms with Crippen LogP contribution in [0.5, 0.6) is 0 Å². The van der Waals surface area contributed by atoms with Crippen molar-refractivity contribution < 1.29 is 4.79 Å². The Labute approximate surface area is 143 Å². The molecule has 1 atom stereocenters. The van der Waals surface area contributed by atoms with E-state index in [0.717, 1.165) is 38.3 Å². The van der Waals surface area contributed by atoms with Crippen LogP contribution in [-0.2, 0) is 19.6 Å². The second-order valence-corrected chi connectivity index (χ2v) is 7.64. The maximum atomic E-state index is 11.6. The lowest BCUT2D eigenvalue weighted by Crippen LogP contribution is -2.34. The minimum absolute atomic E-state index is 0.0825. The summed E-state index contributed by atoms with van der Waals surface area (Å²) in [6.45, 7) is 6.97. The zero-order valence-corrected chi connectivity index (χ0v) is 15.5. The molecule has 0 unspecified atom stereocenters. The van der Waals surface area contributed by atoms with Crippen molar-refractivity contribution in [2.45, 2.75) is 44.6 Å². The molecule has 0 spiro atoms. The topological polar surface area (TPSA) is 53.4 Å². The predicted octanol–water partition coefficient (Wildman–Crippen LogP) is 2.00. The molecule has 1 N–H and O–H groups in total. The number of aryl methyl sites for hydroxylation is 1. The summed E-state index contributed by atoms with van der Waals surface area (Å²) >= 11 is 1.93. The largest absolute Gasteiger partial charge is 0.332 e. The van der Waals surface area contributed by atoms with Crippen LogP contribution in [0.2, 0.25) is 0 Å². The number of hydrogen-bond acceptors (Lipinski definition) is 4. The van der Waals surface area contributed by atoms with Crippen LogP contribution in [0.4, 0.5) is 4.79 Å². The summed E-state index contributed by atoms with van der Waals surface area (Å²) in [7, 11) is 3.48. The second-order valence-electron chi connectivity index (χ2n) is 6.37. The smallest absolute Gasteiger partial charge is 0.317 e. The normalized spacial score (nSPS) is 16.5. The van der Waals surface area contributed by atoms with Gasteiger partial charge in [-0.1, -0.05) is 6.92 Å². The zero-order valence-electron chi connectivity index (χ0n) is 14.7. The Morgan fingerprint density at radius 1 is 1.48 bits per heavy atom. The molecule has 1 aliphatic rings. The molecule has 0 saturated carbocycles. The van der Waals surface area contributed by atoms with E-state index in [4.69, 9.17) is 0 Å². The van der Waals surface area contributed by atoms with Crippen LogP contribution < -0.4 is 5.32 Å². The first-order chi connectivity index (χ1) is 11.0. The monoisotopic (exact) mass is 339 g/mol. The van der Waals surface area contributed by atoms with Crippen molar-refractivity contribution in [2.24, 2.45) is 0 Å². The number of fused-ring (bicyclic) bond motifs is 1. The SMILES string of the molecule is CS[C@H](C)CCN1CCCn2nc(CNC(=O)N(C)C)cc2C1. The van der Waals surface area contributed by atoms with Crippen molar-refractivity contribution in [3.05, 3.63) is 17.5 Å². The van der Waals surface area contributed by atoms with E-state index in [9.17, 15) is 4.79 Å². The molecule has 1 aliphatic heterocycles. The van der Waals surface area contributed by atoms with Crippen LogP contribution in [0.3, 0.4) is 0 Å². The molecule has 0 fully saturated rings. The average Bonchev–Trinajstić information content (AvgIpc) is 2.81. The van der Waals surface area contributed by atoms with Gasteiger partial charge in [0.2, 0.25) is 0 Å². The van der Waals surface area contributed by atoms with Crippen molar-refractivity contribution in [3.8, 4) is 0 Å². The summed E-state index contributed by atoms with van der Waals surface area (Å²) in [4.78, 5) is 15.7. The van der Waals surface area contributed by atoms with Gasteiger partial charge in [-0.15, -0.1) is 0 Å². The lowest BCUT2D eigenvalue weighted by Gasteiger charge is -2.21. The minimum Gasteiger partial charge on any atom is -0.332 e. The molecule has 0 radical (unpaired) electrons. The van der Waals surface area contributed by atoms with E-state index in [1.54, 1.807) is 14.1 Å². The standard InChI is InChI=1S/C16H29N5OS/c1-13(23-4)6-9-20-7-5-8-21-15(12-20)10-14(18-21)11-17-16(22)19(2)3/h10,13H,5-9,11-12H2,1-4H3,(H,17,22)/t13-/m1/s1. The van der Waals surface area contributed by atoms with E-state index in [-0.39, 0.29) is 6.03 Å². The Hall–Kier alpha value is -1.21. The van der Waals surface area contributed by atoms with Gasteiger partial charge in [-0.05, 0) is 31.7 Å². The van der Waals surface area contributed by atoms with E-state index in [0.29, 0.717) is 11.8 Å². The van der Waals surface area contributed by atoms with E-state index in [1.807, 2.05) is 11.8 Å². The number of thioether (sulfide) groups is 1. The molecule has 0 saturated heterocycles. The van der Waals surface area contributed by atoms with Gasteiger partial charge in [0.25, 0.3) is 0 Å². The highest BCUT2D eigenvalue weighted by molar-refractivity contribution is 7.99. The third kappa shape index (κ3) is 5.42. The molecule has 0 bridgehead atoms. The van der Waals surface area contributed by atoms with Gasteiger partial charge in [0.1, 0.15) is 0 Å². The van der Waals surface area contributed by atoms with Crippen LogP contribution in [0, 0.1) is 0 Å². The highest BCUT2D eigenvalue weighted by atomic mass is 32.2. The molecule has 0 aliphatic carbocycles. The molecule has 2 heterocycles. The van der Waals surface area contributed by atoms with Crippen molar-refractivity contribution in [2.75, 3.05) is 33.4 Å². The molecule has 1 aromatic rings. The van der Waals surface area contributed by atoms with Crippen molar-refractivity contribution in [1.29, 1.82) is 0 Å². The third-order valence-corrected chi connectivity index (χ3v) is 5.27. The van der Waals surface area contributed by atoms with Crippen molar-refractivity contribution >= 4 is 17.8 Å².